The molecule has 1 aliphatic rings. The van der Waals surface area contributed by atoms with E-state index < -0.39 is 0 Å². The molecule has 0 saturated carbocycles. The van der Waals surface area contributed by atoms with Crippen LogP contribution < -0.4 is 5.73 Å². The molecule has 1 atom stereocenters. The molecule has 0 amide bonds. The summed E-state index contributed by atoms with van der Waals surface area (Å²) >= 11 is 0. The molecule has 1 saturated heterocycles. The van der Waals surface area contributed by atoms with E-state index in [9.17, 15) is 5.11 Å². The lowest BCUT2D eigenvalue weighted by Crippen LogP contribution is -2.38. The molecule has 1 heterocycles. The van der Waals surface area contributed by atoms with Gasteiger partial charge in [-0.05, 0) is 44.8 Å². The zero-order valence-corrected chi connectivity index (χ0v) is 8.58. The summed E-state index contributed by atoms with van der Waals surface area (Å²) in [4.78, 5) is 2.35. The van der Waals surface area contributed by atoms with Gasteiger partial charge in [-0.25, -0.2) is 0 Å². The molecule has 1 fully saturated rings. The first-order valence-electron chi connectivity index (χ1n) is 5.33. The number of nitrogens with zero attached hydrogens (tertiary/aromatic N) is 1. The van der Waals surface area contributed by atoms with Gasteiger partial charge in [-0.2, -0.15) is 0 Å². The Labute approximate surface area is 80.9 Å². The van der Waals surface area contributed by atoms with Crippen molar-refractivity contribution in [3.8, 4) is 0 Å². The van der Waals surface area contributed by atoms with Crippen LogP contribution in [0.1, 0.15) is 26.2 Å². The van der Waals surface area contributed by atoms with E-state index in [-0.39, 0.29) is 6.10 Å². The second-order valence-corrected chi connectivity index (χ2v) is 4.21. The van der Waals surface area contributed by atoms with E-state index >= 15 is 0 Å². The van der Waals surface area contributed by atoms with Gasteiger partial charge in [0, 0.05) is 6.54 Å². The van der Waals surface area contributed by atoms with Gasteiger partial charge in [-0.15, -0.1) is 0 Å². The van der Waals surface area contributed by atoms with E-state index in [1.807, 2.05) is 0 Å². The second kappa shape index (κ2) is 5.58. The minimum atomic E-state index is -0.224. The number of hydrogen-bond donors (Lipinski definition) is 2. The molecule has 0 bridgehead atoms. The van der Waals surface area contributed by atoms with Gasteiger partial charge in [0.25, 0.3) is 0 Å². The maximum absolute atomic E-state index is 9.55. The van der Waals surface area contributed by atoms with Gasteiger partial charge in [0.2, 0.25) is 0 Å². The van der Waals surface area contributed by atoms with Crippen LogP contribution in [0.2, 0.25) is 0 Å². The van der Waals surface area contributed by atoms with Crippen LogP contribution in [0.5, 0.6) is 0 Å². The molecule has 0 aromatic rings. The van der Waals surface area contributed by atoms with Crippen LogP contribution in [-0.2, 0) is 0 Å². The van der Waals surface area contributed by atoms with Crippen molar-refractivity contribution in [2.24, 2.45) is 11.7 Å². The Morgan fingerprint density at radius 1 is 1.46 bits per heavy atom. The topological polar surface area (TPSA) is 49.5 Å². The largest absolute Gasteiger partial charge is 0.392 e. The van der Waals surface area contributed by atoms with E-state index in [4.69, 9.17) is 5.73 Å². The van der Waals surface area contributed by atoms with Crippen molar-refractivity contribution >= 4 is 0 Å². The van der Waals surface area contributed by atoms with Crippen LogP contribution in [0.4, 0.5) is 0 Å². The van der Waals surface area contributed by atoms with Crippen LogP contribution in [0.25, 0.3) is 0 Å². The Hall–Kier alpha value is -0.120. The quantitative estimate of drug-likeness (QED) is 0.669. The van der Waals surface area contributed by atoms with Crippen LogP contribution in [0, 0.1) is 5.92 Å². The van der Waals surface area contributed by atoms with Crippen LogP contribution >= 0.6 is 0 Å². The number of β-amino-alcohol motifs (C(OH)–C–C–N with tert-alkyl or cyclic N) is 1. The molecule has 0 aromatic heterocycles. The minimum absolute atomic E-state index is 0.224. The summed E-state index contributed by atoms with van der Waals surface area (Å²) < 4.78 is 0. The van der Waals surface area contributed by atoms with Gasteiger partial charge in [0.1, 0.15) is 0 Å². The summed E-state index contributed by atoms with van der Waals surface area (Å²) in [5.41, 5.74) is 5.38. The van der Waals surface area contributed by atoms with Crippen molar-refractivity contribution in [3.63, 3.8) is 0 Å². The van der Waals surface area contributed by atoms with Gasteiger partial charge >= 0.3 is 0 Å². The van der Waals surface area contributed by atoms with Gasteiger partial charge < -0.3 is 15.7 Å². The average molecular weight is 186 g/mol. The van der Waals surface area contributed by atoms with Crippen LogP contribution in [0.3, 0.4) is 0 Å². The van der Waals surface area contributed by atoms with Crippen molar-refractivity contribution in [2.75, 3.05) is 26.2 Å². The molecule has 0 aliphatic carbocycles. The molecule has 78 valence electrons. The number of aliphatic hydroxyl groups excluding tert-OH is 1. The van der Waals surface area contributed by atoms with Gasteiger partial charge in [0.05, 0.1) is 6.10 Å². The Morgan fingerprint density at radius 3 is 2.62 bits per heavy atom. The van der Waals surface area contributed by atoms with Crippen LogP contribution in [-0.4, -0.2) is 42.3 Å². The molecule has 3 N–H and O–H groups in total. The highest BCUT2D eigenvalue weighted by Crippen LogP contribution is 2.16. The lowest BCUT2D eigenvalue weighted by molar-refractivity contribution is 0.0875. The number of likely N-dealkylation sites (tertiary alicyclic amines) is 1. The van der Waals surface area contributed by atoms with Crippen molar-refractivity contribution in [3.05, 3.63) is 0 Å². The molecule has 1 unspecified atom stereocenters. The highest BCUT2D eigenvalue weighted by atomic mass is 16.3. The monoisotopic (exact) mass is 186 g/mol. The van der Waals surface area contributed by atoms with Gasteiger partial charge in [0.15, 0.2) is 0 Å². The lowest BCUT2D eigenvalue weighted by Gasteiger charge is -2.31. The third kappa shape index (κ3) is 4.07. The summed E-state index contributed by atoms with van der Waals surface area (Å²) in [7, 11) is 0. The number of aliphatic hydroxyl groups is 1. The number of hydrogen-bond acceptors (Lipinski definition) is 3. The summed E-state index contributed by atoms with van der Waals surface area (Å²) in [5, 5.41) is 9.55. The minimum Gasteiger partial charge on any atom is -0.392 e. The highest BCUT2D eigenvalue weighted by molar-refractivity contribution is 4.72. The molecule has 1 aliphatic heterocycles. The fourth-order valence-corrected chi connectivity index (χ4v) is 1.83. The number of piperidine rings is 1. The predicted octanol–water partition coefficient (Wildman–Crippen LogP) is 0.428. The van der Waals surface area contributed by atoms with Crippen LogP contribution in [0.15, 0.2) is 0 Å². The van der Waals surface area contributed by atoms with Gasteiger partial charge in [-0.1, -0.05) is 6.92 Å². The first-order chi connectivity index (χ1) is 6.22. The molecule has 0 aromatic carbocycles. The lowest BCUT2D eigenvalue weighted by atomic mass is 9.99. The molecule has 0 radical (unpaired) electrons. The predicted molar refractivity (Wildman–Crippen MR) is 54.5 cm³/mol. The van der Waals surface area contributed by atoms with Crippen molar-refractivity contribution in [1.82, 2.24) is 4.90 Å². The zero-order chi connectivity index (χ0) is 9.68. The highest BCUT2D eigenvalue weighted by Gasteiger charge is 2.17. The maximum Gasteiger partial charge on any atom is 0.0679 e. The van der Waals surface area contributed by atoms with E-state index in [1.54, 1.807) is 0 Å². The summed E-state index contributed by atoms with van der Waals surface area (Å²) in [6.07, 6.45) is 3.05. The molecular weight excluding hydrogens is 164 g/mol. The third-order valence-corrected chi connectivity index (χ3v) is 2.85. The Bertz CT molecular complexity index is 133. The first-order valence-corrected chi connectivity index (χ1v) is 5.33. The Kier molecular flexibility index (Phi) is 4.70. The molecule has 3 heteroatoms. The fourth-order valence-electron chi connectivity index (χ4n) is 1.83. The fraction of sp³-hybridized carbons (Fsp3) is 1.00. The standard InChI is InChI=1S/C10H22N2O/c1-9-3-6-12(7-4-9)8-10(13)2-5-11/h9-10,13H,2-8,11H2,1H3. The number of rotatable bonds is 4. The van der Waals surface area contributed by atoms with E-state index in [0.717, 1.165) is 32.0 Å². The van der Waals surface area contributed by atoms with E-state index in [1.165, 1.54) is 12.8 Å². The second-order valence-electron chi connectivity index (χ2n) is 4.21. The maximum atomic E-state index is 9.55. The third-order valence-electron chi connectivity index (χ3n) is 2.85. The molecule has 13 heavy (non-hydrogen) atoms. The Morgan fingerprint density at radius 2 is 2.08 bits per heavy atom. The van der Waals surface area contributed by atoms with E-state index in [0.29, 0.717) is 6.54 Å². The van der Waals surface area contributed by atoms with Crippen molar-refractivity contribution in [2.45, 2.75) is 32.3 Å². The Balaban J connectivity index is 2.14. The molecule has 0 spiro atoms. The van der Waals surface area contributed by atoms with Crippen molar-refractivity contribution < 1.29 is 5.11 Å². The number of nitrogens with two attached hydrogens (primary N) is 1. The summed E-state index contributed by atoms with van der Waals surface area (Å²) in [6.45, 7) is 5.98. The average Bonchev–Trinajstić information content (AvgIpc) is 2.09. The van der Waals surface area contributed by atoms with E-state index in [2.05, 4.69) is 11.8 Å². The van der Waals surface area contributed by atoms with Gasteiger partial charge in [-0.3, -0.25) is 0 Å². The van der Waals surface area contributed by atoms with Crippen molar-refractivity contribution in [1.29, 1.82) is 0 Å². The summed E-state index contributed by atoms with van der Waals surface area (Å²) in [5.74, 6) is 0.864. The molecule has 1 rings (SSSR count). The zero-order valence-electron chi connectivity index (χ0n) is 8.58. The normalized spacial score (nSPS) is 23.3. The summed E-state index contributed by atoms with van der Waals surface area (Å²) in [6, 6.07) is 0. The molecular formula is C10H22N2O. The SMILES string of the molecule is CC1CCN(CC(O)CCN)CC1. The molecule has 3 nitrogen and oxygen atoms in total. The first kappa shape index (κ1) is 11.0. The smallest absolute Gasteiger partial charge is 0.0679 e.